The first-order valence-corrected chi connectivity index (χ1v) is 21.7. The molecule has 3 aromatic heterocycles. The molecule has 292 valence electrons. The molecule has 0 aliphatic carbocycles. The van der Waals surface area contributed by atoms with Crippen molar-refractivity contribution in [1.29, 1.82) is 0 Å². The normalized spacial score (nSPS) is 12.1. The Labute approximate surface area is 361 Å². The number of aromatic nitrogens is 2. The molecule has 0 saturated carbocycles. The lowest BCUT2D eigenvalue weighted by molar-refractivity contribution is 0.669. The molecular weight excluding hydrogens is 765 g/mol. The van der Waals surface area contributed by atoms with Crippen molar-refractivity contribution in [3.8, 4) is 33.6 Å². The Morgan fingerprint density at radius 2 is 0.762 bits per heavy atom. The summed E-state index contributed by atoms with van der Waals surface area (Å²) in [5.41, 5.74) is 13.6. The van der Waals surface area contributed by atoms with Gasteiger partial charge in [0.25, 0.3) is 0 Å². The highest BCUT2D eigenvalue weighted by Crippen LogP contribution is 2.46. The maximum atomic E-state index is 6.46. The minimum atomic E-state index is 0.894. The molecule has 0 aliphatic heterocycles. The van der Waals surface area contributed by atoms with Crippen LogP contribution in [-0.4, -0.2) is 9.13 Å². The van der Waals surface area contributed by atoms with Crippen molar-refractivity contribution in [2.45, 2.75) is 0 Å². The summed E-state index contributed by atoms with van der Waals surface area (Å²) in [5, 5.41) is 14.7. The van der Waals surface area contributed by atoms with Crippen LogP contribution in [0.15, 0.2) is 223 Å². The topological polar surface area (TPSA) is 23.0 Å². The SMILES string of the molecule is c1ccc(-n2c3ccccc3c3cc(-c4ccc5c(c4)c4ccccc4n5-c4cc(-c5cccc6oc7ccccc7c56)cc5c6ccccc6c6ccccc6c45)ccc32)cc1. The summed E-state index contributed by atoms with van der Waals surface area (Å²) in [6.45, 7) is 0. The van der Waals surface area contributed by atoms with Gasteiger partial charge < -0.3 is 13.6 Å². The molecule has 14 rings (SSSR count). The van der Waals surface area contributed by atoms with E-state index in [0.717, 1.165) is 44.4 Å². The summed E-state index contributed by atoms with van der Waals surface area (Å²) in [7, 11) is 0. The minimum absolute atomic E-state index is 0.894. The van der Waals surface area contributed by atoms with Crippen molar-refractivity contribution < 1.29 is 4.42 Å². The smallest absolute Gasteiger partial charge is 0.136 e. The number of nitrogens with zero attached hydrogens (tertiary/aromatic N) is 2. The van der Waals surface area contributed by atoms with Gasteiger partial charge in [-0.1, -0.05) is 146 Å². The lowest BCUT2D eigenvalue weighted by atomic mass is 9.90. The van der Waals surface area contributed by atoms with E-state index in [4.69, 9.17) is 4.42 Å². The number of para-hydroxylation sites is 4. The Kier molecular flexibility index (Phi) is 7.11. The van der Waals surface area contributed by atoms with Crippen molar-refractivity contribution in [1.82, 2.24) is 9.13 Å². The van der Waals surface area contributed by atoms with Crippen LogP contribution in [0.2, 0.25) is 0 Å². The van der Waals surface area contributed by atoms with Crippen LogP contribution in [0.3, 0.4) is 0 Å². The molecule has 11 aromatic carbocycles. The molecule has 3 heterocycles. The van der Waals surface area contributed by atoms with Gasteiger partial charge >= 0.3 is 0 Å². The lowest BCUT2D eigenvalue weighted by Gasteiger charge is -2.19. The molecule has 0 spiro atoms. The van der Waals surface area contributed by atoms with E-state index in [2.05, 4.69) is 221 Å². The Balaban J connectivity index is 1.06. The molecule has 14 aromatic rings. The van der Waals surface area contributed by atoms with Crippen LogP contribution in [0, 0.1) is 0 Å². The average molecular weight is 801 g/mol. The van der Waals surface area contributed by atoms with Crippen molar-refractivity contribution in [2.24, 2.45) is 0 Å². The monoisotopic (exact) mass is 800 g/mol. The fourth-order valence-electron chi connectivity index (χ4n) is 10.8. The summed E-state index contributed by atoms with van der Waals surface area (Å²) in [6.07, 6.45) is 0. The molecular formula is C60H36N2O. The number of hydrogen-bond acceptors (Lipinski definition) is 1. The van der Waals surface area contributed by atoms with Crippen LogP contribution in [0.25, 0.3) is 131 Å². The highest BCUT2D eigenvalue weighted by molar-refractivity contribution is 6.29. The predicted molar refractivity (Wildman–Crippen MR) is 266 cm³/mol. The Morgan fingerprint density at radius 3 is 1.46 bits per heavy atom. The van der Waals surface area contributed by atoms with Gasteiger partial charge in [-0.25, -0.2) is 0 Å². The number of hydrogen-bond donors (Lipinski definition) is 0. The van der Waals surface area contributed by atoms with E-state index in [9.17, 15) is 0 Å². The first kappa shape index (κ1) is 34.3. The largest absolute Gasteiger partial charge is 0.456 e. The fraction of sp³-hybridized carbons (Fsp3) is 0. The second kappa shape index (κ2) is 13.1. The van der Waals surface area contributed by atoms with E-state index in [1.54, 1.807) is 0 Å². The third-order valence-electron chi connectivity index (χ3n) is 13.5. The summed E-state index contributed by atoms with van der Waals surface area (Å²) in [5.74, 6) is 0. The predicted octanol–water partition coefficient (Wildman–Crippen LogP) is 16.6. The summed E-state index contributed by atoms with van der Waals surface area (Å²) >= 11 is 0. The second-order valence-corrected chi connectivity index (χ2v) is 16.8. The zero-order valence-electron chi connectivity index (χ0n) is 34.1. The third-order valence-corrected chi connectivity index (χ3v) is 13.5. The standard InChI is InChI=1S/C60H36N2O/c1-2-15-40(16-3-1)61-52-25-11-8-20-45(52)49-33-37(29-31-54(49)61)38-30-32-55-50(34-38)46-21-9-12-26-53(46)62(55)56-36-39(41-24-14-28-58-60(41)48-23-10-13-27-57(48)63-58)35-51-44-19-5-4-17-42(44)43-18-6-7-22-47(43)59(51)56/h1-36H. The summed E-state index contributed by atoms with van der Waals surface area (Å²) in [6, 6.07) is 79.9. The van der Waals surface area contributed by atoms with Crippen LogP contribution in [-0.2, 0) is 0 Å². The van der Waals surface area contributed by atoms with E-state index >= 15 is 0 Å². The van der Waals surface area contributed by atoms with E-state index < -0.39 is 0 Å². The average Bonchev–Trinajstić information content (AvgIpc) is 4.01. The van der Waals surface area contributed by atoms with Gasteiger partial charge in [0, 0.05) is 43.4 Å². The van der Waals surface area contributed by atoms with Crippen molar-refractivity contribution in [3.05, 3.63) is 218 Å². The van der Waals surface area contributed by atoms with Crippen LogP contribution in [0.4, 0.5) is 0 Å². The van der Waals surface area contributed by atoms with Crippen LogP contribution in [0.1, 0.15) is 0 Å². The van der Waals surface area contributed by atoms with Gasteiger partial charge in [-0.3, -0.25) is 0 Å². The Morgan fingerprint density at radius 1 is 0.270 bits per heavy atom. The zero-order chi connectivity index (χ0) is 41.2. The maximum absolute atomic E-state index is 6.46. The minimum Gasteiger partial charge on any atom is -0.456 e. The van der Waals surface area contributed by atoms with Crippen LogP contribution < -0.4 is 0 Å². The van der Waals surface area contributed by atoms with Gasteiger partial charge in [-0.2, -0.15) is 0 Å². The second-order valence-electron chi connectivity index (χ2n) is 16.8. The van der Waals surface area contributed by atoms with Crippen molar-refractivity contribution in [2.75, 3.05) is 0 Å². The van der Waals surface area contributed by atoms with Gasteiger partial charge in [0.05, 0.1) is 27.8 Å². The molecule has 0 aliphatic rings. The number of fused-ring (bicyclic) bond motifs is 15. The highest BCUT2D eigenvalue weighted by Gasteiger charge is 2.22. The van der Waals surface area contributed by atoms with E-state index in [1.165, 1.54) is 87.1 Å². The van der Waals surface area contributed by atoms with Gasteiger partial charge in [0.15, 0.2) is 0 Å². The molecule has 3 nitrogen and oxygen atoms in total. The summed E-state index contributed by atoms with van der Waals surface area (Å²) in [4.78, 5) is 0. The molecule has 0 unspecified atom stereocenters. The quantitative estimate of drug-likeness (QED) is 0.163. The van der Waals surface area contributed by atoms with Crippen LogP contribution in [0.5, 0.6) is 0 Å². The molecule has 0 saturated heterocycles. The van der Waals surface area contributed by atoms with E-state index in [0.29, 0.717) is 0 Å². The number of rotatable bonds is 4. The van der Waals surface area contributed by atoms with Gasteiger partial charge in [0.1, 0.15) is 11.2 Å². The van der Waals surface area contributed by atoms with Gasteiger partial charge in [0.2, 0.25) is 0 Å². The Hall–Kier alpha value is -8.40. The van der Waals surface area contributed by atoms with Gasteiger partial charge in [-0.05, 0) is 122 Å². The molecule has 0 N–H and O–H groups in total. The third kappa shape index (κ3) is 4.90. The van der Waals surface area contributed by atoms with Crippen molar-refractivity contribution in [3.63, 3.8) is 0 Å². The number of benzene rings is 11. The molecule has 0 fully saturated rings. The van der Waals surface area contributed by atoms with Crippen LogP contribution >= 0.6 is 0 Å². The van der Waals surface area contributed by atoms with E-state index in [1.807, 2.05) is 6.07 Å². The number of furan rings is 1. The highest BCUT2D eigenvalue weighted by atomic mass is 16.3. The molecule has 0 bridgehead atoms. The van der Waals surface area contributed by atoms with Crippen molar-refractivity contribution >= 4 is 97.9 Å². The maximum Gasteiger partial charge on any atom is 0.136 e. The molecule has 63 heavy (non-hydrogen) atoms. The zero-order valence-corrected chi connectivity index (χ0v) is 34.1. The first-order valence-electron chi connectivity index (χ1n) is 21.7. The lowest BCUT2D eigenvalue weighted by Crippen LogP contribution is -1.98. The van der Waals surface area contributed by atoms with E-state index in [-0.39, 0.29) is 0 Å². The molecule has 3 heteroatoms. The Bertz CT molecular complexity index is 4200. The van der Waals surface area contributed by atoms with Gasteiger partial charge in [-0.15, -0.1) is 0 Å². The summed E-state index contributed by atoms with van der Waals surface area (Å²) < 4.78 is 11.4. The first-order chi connectivity index (χ1) is 31.3. The molecule has 0 atom stereocenters. The molecule has 0 radical (unpaired) electrons. The molecule has 0 amide bonds. The fourth-order valence-corrected chi connectivity index (χ4v) is 10.8.